The molecule has 2 aromatic carbocycles. The third-order valence-corrected chi connectivity index (χ3v) is 10.4. The molecule has 0 aliphatic heterocycles. The molecule has 0 aromatic heterocycles. The van der Waals surface area contributed by atoms with Crippen molar-refractivity contribution < 1.29 is 0 Å². The summed E-state index contributed by atoms with van der Waals surface area (Å²) in [6.07, 6.45) is 19.0. The first-order valence-electron chi connectivity index (χ1n) is 10.8. The van der Waals surface area contributed by atoms with E-state index in [1.54, 1.807) is 5.57 Å². The van der Waals surface area contributed by atoms with Crippen LogP contribution in [-0.2, 0) is 0 Å². The Kier molecular flexibility index (Phi) is 5.32. The molecule has 0 N–H and O–H groups in total. The summed E-state index contributed by atoms with van der Waals surface area (Å²) < 4.78 is 0. The maximum atomic E-state index is 2.59. The van der Waals surface area contributed by atoms with E-state index in [9.17, 15) is 0 Å². The minimum Gasteiger partial charge on any atom is -0.0879 e. The number of benzene rings is 2. The molecule has 142 valence electrons. The van der Waals surface area contributed by atoms with Gasteiger partial charge in [0.1, 0.15) is 0 Å². The molecule has 3 aliphatic carbocycles. The van der Waals surface area contributed by atoms with Crippen molar-refractivity contribution in [2.24, 2.45) is 0 Å². The molecule has 3 unspecified atom stereocenters. The SMILES string of the molecule is C1=CC(P([C@@H]2C=CCC2c2ccccc2)[C@H]2CCC=C2c2ccccc2)CC1. The van der Waals surface area contributed by atoms with E-state index in [0.717, 1.165) is 11.3 Å². The Morgan fingerprint density at radius 1 is 0.750 bits per heavy atom. The average Bonchev–Trinajstić information content (AvgIpc) is 3.53. The van der Waals surface area contributed by atoms with E-state index >= 15 is 0 Å². The van der Waals surface area contributed by atoms with Crippen molar-refractivity contribution in [2.75, 3.05) is 0 Å². The Hall–Kier alpha value is -1.91. The van der Waals surface area contributed by atoms with Gasteiger partial charge in [0, 0.05) is 11.3 Å². The van der Waals surface area contributed by atoms with Crippen LogP contribution in [0.5, 0.6) is 0 Å². The molecule has 0 bridgehead atoms. The van der Waals surface area contributed by atoms with Crippen molar-refractivity contribution in [3.8, 4) is 0 Å². The van der Waals surface area contributed by atoms with Crippen LogP contribution in [0.1, 0.15) is 49.1 Å². The van der Waals surface area contributed by atoms with Gasteiger partial charge in [-0.3, -0.25) is 0 Å². The first kappa shape index (κ1) is 18.1. The maximum Gasteiger partial charge on any atom is 0.00582 e. The molecule has 0 fully saturated rings. The molecule has 3 aliphatic rings. The molecule has 0 amide bonds. The normalized spacial score (nSPS) is 29.9. The van der Waals surface area contributed by atoms with Crippen LogP contribution in [0.4, 0.5) is 0 Å². The van der Waals surface area contributed by atoms with E-state index in [0.29, 0.717) is 11.6 Å². The summed E-state index contributed by atoms with van der Waals surface area (Å²) in [5.41, 5.74) is 6.86. The lowest BCUT2D eigenvalue weighted by Crippen LogP contribution is -2.23. The predicted molar refractivity (Wildman–Crippen MR) is 123 cm³/mol. The largest absolute Gasteiger partial charge is 0.0879 e. The monoisotopic (exact) mass is 384 g/mol. The fourth-order valence-electron chi connectivity index (χ4n) is 5.44. The fourth-order valence-corrected chi connectivity index (χ4v) is 9.58. The summed E-state index contributed by atoms with van der Waals surface area (Å²) in [5.74, 6) is 0.666. The smallest absolute Gasteiger partial charge is 0.00582 e. The minimum atomic E-state index is -0.132. The van der Waals surface area contributed by atoms with Crippen molar-refractivity contribution in [3.05, 3.63) is 102 Å². The number of hydrogen-bond donors (Lipinski definition) is 0. The van der Waals surface area contributed by atoms with Gasteiger partial charge < -0.3 is 0 Å². The van der Waals surface area contributed by atoms with Gasteiger partial charge in [-0.05, 0) is 60.4 Å². The summed E-state index contributed by atoms with van der Waals surface area (Å²) in [5, 5.41) is 0. The quantitative estimate of drug-likeness (QED) is 0.369. The number of hydrogen-bond acceptors (Lipinski definition) is 0. The van der Waals surface area contributed by atoms with E-state index in [-0.39, 0.29) is 7.92 Å². The van der Waals surface area contributed by atoms with Crippen molar-refractivity contribution in [3.63, 3.8) is 0 Å². The van der Waals surface area contributed by atoms with Crippen LogP contribution in [0.15, 0.2) is 91.0 Å². The second-order valence-corrected chi connectivity index (χ2v) is 11.1. The zero-order chi connectivity index (χ0) is 18.8. The van der Waals surface area contributed by atoms with Crippen LogP contribution in [0.25, 0.3) is 5.57 Å². The fraction of sp³-hybridized carbons (Fsp3) is 0.333. The van der Waals surface area contributed by atoms with E-state index in [1.165, 1.54) is 43.2 Å². The van der Waals surface area contributed by atoms with Gasteiger partial charge in [-0.2, -0.15) is 0 Å². The summed E-state index contributed by atoms with van der Waals surface area (Å²) in [6.45, 7) is 0. The summed E-state index contributed by atoms with van der Waals surface area (Å²) in [6, 6.07) is 22.5. The first-order valence-corrected chi connectivity index (χ1v) is 12.4. The Labute approximate surface area is 170 Å². The van der Waals surface area contributed by atoms with Crippen molar-refractivity contribution in [2.45, 2.75) is 55.0 Å². The van der Waals surface area contributed by atoms with Gasteiger partial charge >= 0.3 is 0 Å². The Bertz CT molecular complexity index is 875. The lowest BCUT2D eigenvalue weighted by atomic mass is 9.97. The van der Waals surface area contributed by atoms with Crippen LogP contribution in [0.3, 0.4) is 0 Å². The van der Waals surface area contributed by atoms with E-state index < -0.39 is 0 Å². The molecule has 0 spiro atoms. The highest BCUT2D eigenvalue weighted by Gasteiger charge is 2.41. The second-order valence-electron chi connectivity index (χ2n) is 8.31. The van der Waals surface area contributed by atoms with Crippen molar-refractivity contribution in [1.82, 2.24) is 0 Å². The Morgan fingerprint density at radius 3 is 2.29 bits per heavy atom. The van der Waals surface area contributed by atoms with Crippen LogP contribution in [0, 0.1) is 0 Å². The third kappa shape index (κ3) is 3.44. The topological polar surface area (TPSA) is 0 Å². The van der Waals surface area contributed by atoms with Gasteiger partial charge in [0.25, 0.3) is 0 Å². The van der Waals surface area contributed by atoms with Crippen LogP contribution >= 0.6 is 7.92 Å². The Balaban J connectivity index is 1.51. The molecule has 28 heavy (non-hydrogen) atoms. The lowest BCUT2D eigenvalue weighted by Gasteiger charge is -2.38. The van der Waals surface area contributed by atoms with E-state index in [1.807, 2.05) is 0 Å². The molecule has 2 aromatic rings. The van der Waals surface area contributed by atoms with Crippen LogP contribution < -0.4 is 0 Å². The van der Waals surface area contributed by atoms with E-state index in [2.05, 4.69) is 91.0 Å². The van der Waals surface area contributed by atoms with Gasteiger partial charge in [-0.15, -0.1) is 0 Å². The van der Waals surface area contributed by atoms with Gasteiger partial charge in [-0.25, -0.2) is 0 Å². The van der Waals surface area contributed by atoms with Crippen molar-refractivity contribution >= 4 is 13.5 Å². The molecule has 1 heteroatoms. The zero-order valence-corrected chi connectivity index (χ0v) is 17.3. The Morgan fingerprint density at radius 2 is 1.54 bits per heavy atom. The standard InChI is InChI=1S/C27H29P/c1-3-11-21(12-4-1)24-17-9-19-26(24)28(23-15-7-8-16-23)27-20-10-18-25(27)22-13-5-2-6-14-22/h1-7,9,11-15,18-19,23-24,26-27H,8,10,16-17,20H2/t23?,24?,26-,27+,28?/m1/s1. The van der Waals surface area contributed by atoms with Gasteiger partial charge in [-0.1, -0.05) is 99.0 Å². The molecule has 0 heterocycles. The summed E-state index contributed by atoms with van der Waals surface area (Å²) >= 11 is 0. The van der Waals surface area contributed by atoms with Gasteiger partial charge in [0.15, 0.2) is 0 Å². The van der Waals surface area contributed by atoms with Crippen LogP contribution in [0.2, 0.25) is 0 Å². The average molecular weight is 385 g/mol. The molecular weight excluding hydrogens is 355 g/mol. The minimum absolute atomic E-state index is 0.132. The predicted octanol–water partition coefficient (Wildman–Crippen LogP) is 7.55. The molecule has 5 atom stereocenters. The molecule has 0 nitrogen and oxygen atoms in total. The summed E-state index contributed by atoms with van der Waals surface area (Å²) in [7, 11) is -0.132. The van der Waals surface area contributed by atoms with Crippen molar-refractivity contribution in [1.29, 1.82) is 0 Å². The molecule has 0 saturated heterocycles. The van der Waals surface area contributed by atoms with Crippen LogP contribution in [-0.4, -0.2) is 17.0 Å². The molecule has 0 radical (unpaired) electrons. The zero-order valence-electron chi connectivity index (χ0n) is 16.5. The third-order valence-electron chi connectivity index (χ3n) is 6.71. The highest BCUT2D eigenvalue weighted by Crippen LogP contribution is 2.65. The highest BCUT2D eigenvalue weighted by atomic mass is 31.1. The van der Waals surface area contributed by atoms with Gasteiger partial charge in [0.2, 0.25) is 0 Å². The highest BCUT2D eigenvalue weighted by molar-refractivity contribution is 7.61. The van der Waals surface area contributed by atoms with Gasteiger partial charge in [0.05, 0.1) is 0 Å². The lowest BCUT2D eigenvalue weighted by molar-refractivity contribution is 0.744. The molecule has 0 saturated carbocycles. The second kappa shape index (κ2) is 8.22. The van der Waals surface area contributed by atoms with E-state index in [4.69, 9.17) is 0 Å². The first-order chi connectivity index (χ1) is 13.9. The molecular formula is C27H29P. The maximum absolute atomic E-state index is 2.59. The summed E-state index contributed by atoms with van der Waals surface area (Å²) in [4.78, 5) is 0. The number of rotatable bonds is 5. The number of allylic oxidation sites excluding steroid dienone is 6. The molecule has 5 rings (SSSR count).